The van der Waals surface area contributed by atoms with Crippen LogP contribution in [0.1, 0.15) is 34.6 Å². The van der Waals surface area contributed by atoms with Crippen LogP contribution in [0.4, 0.5) is 10.5 Å². The van der Waals surface area contributed by atoms with E-state index in [-0.39, 0.29) is 24.6 Å². The average molecular weight is 425 g/mol. The Morgan fingerprint density at radius 2 is 1.71 bits per heavy atom. The second-order valence-electron chi connectivity index (χ2n) is 7.62. The van der Waals surface area contributed by atoms with Crippen LogP contribution >= 0.6 is 0 Å². The number of ether oxygens (including phenoxy) is 1. The lowest BCUT2D eigenvalue weighted by molar-refractivity contribution is -0.131. The molecule has 4 amide bonds. The zero-order valence-electron chi connectivity index (χ0n) is 17.1. The van der Waals surface area contributed by atoms with Crippen LogP contribution in [0.5, 0.6) is 0 Å². The highest BCUT2D eigenvalue weighted by molar-refractivity contribution is 6.06. The normalized spacial score (nSPS) is 15.9. The third kappa shape index (κ3) is 5.26. The molecule has 1 atom stereocenters. The summed E-state index contributed by atoms with van der Waals surface area (Å²) in [5, 5.41) is 15.3. The number of hydrogen-bond donors (Lipinski definition) is 3. The Hall–Kier alpha value is -3.72. The lowest BCUT2D eigenvalue weighted by Gasteiger charge is -2.19. The molecule has 0 spiro atoms. The fourth-order valence-corrected chi connectivity index (χ4v) is 2.98. The molecule has 1 unspecified atom stereocenters. The number of urea groups is 1. The van der Waals surface area contributed by atoms with Crippen LogP contribution < -0.4 is 10.6 Å². The molecule has 9 nitrogen and oxygen atoms in total. The largest absolute Gasteiger partial charge is 0.459 e. The van der Waals surface area contributed by atoms with Gasteiger partial charge in [-0.15, -0.1) is 0 Å². The number of carbonyl (C=O) groups is 4. The monoisotopic (exact) mass is 425 g/mol. The number of β-amino-alcohol motifs (C(OH)–C–C–N with tert-alkyl or cyclic N) is 1. The van der Waals surface area contributed by atoms with Crippen LogP contribution in [0.2, 0.25) is 0 Å². The molecule has 0 aliphatic carbocycles. The van der Waals surface area contributed by atoms with Crippen LogP contribution in [-0.4, -0.2) is 58.6 Å². The van der Waals surface area contributed by atoms with Crippen molar-refractivity contribution in [2.45, 2.75) is 25.5 Å². The lowest BCUT2D eigenvalue weighted by atomic mass is 10.1. The van der Waals surface area contributed by atoms with Gasteiger partial charge < -0.3 is 20.5 Å². The second-order valence-corrected chi connectivity index (χ2v) is 7.62. The second kappa shape index (κ2) is 8.97. The Labute approximate surface area is 179 Å². The van der Waals surface area contributed by atoms with Crippen LogP contribution in [-0.2, 0) is 9.53 Å². The first-order valence-corrected chi connectivity index (χ1v) is 9.63. The summed E-state index contributed by atoms with van der Waals surface area (Å²) in [7, 11) is 0. The first-order chi connectivity index (χ1) is 14.7. The molecule has 3 N–H and O–H groups in total. The molecule has 162 valence electrons. The molecule has 3 rings (SSSR count). The molecule has 2 aromatic rings. The quantitative estimate of drug-likeness (QED) is 0.459. The summed E-state index contributed by atoms with van der Waals surface area (Å²) in [6.45, 7) is 2.45. The molecule has 0 aromatic heterocycles. The first kappa shape index (κ1) is 22.0. The number of nitrogens with zero attached hydrogens (tertiary/aromatic N) is 1. The van der Waals surface area contributed by atoms with E-state index in [1.165, 1.54) is 12.1 Å². The van der Waals surface area contributed by atoms with E-state index in [1.54, 1.807) is 50.2 Å². The average Bonchev–Trinajstić information content (AvgIpc) is 2.94. The highest BCUT2D eigenvalue weighted by Crippen LogP contribution is 2.17. The number of hydrogen-bond acceptors (Lipinski definition) is 6. The number of aliphatic hydroxyl groups is 1. The van der Waals surface area contributed by atoms with Gasteiger partial charge in [-0.1, -0.05) is 18.2 Å². The van der Waals surface area contributed by atoms with E-state index in [1.807, 2.05) is 6.07 Å². The van der Waals surface area contributed by atoms with Crippen molar-refractivity contribution in [1.82, 2.24) is 10.2 Å². The number of carbonyl (C=O) groups excluding carboxylic acids is 4. The van der Waals surface area contributed by atoms with Gasteiger partial charge in [-0.05, 0) is 50.2 Å². The predicted molar refractivity (Wildman–Crippen MR) is 111 cm³/mol. The summed E-state index contributed by atoms with van der Waals surface area (Å²) in [6.07, 6.45) is -1.23. The molecule has 1 saturated heterocycles. The summed E-state index contributed by atoms with van der Waals surface area (Å²) in [4.78, 5) is 49.2. The standard InChI is InChI=1S/C22H23N3O6/c1-22(2)20(29)25(21(30)24-22)12-17(26)13-31-19(28)15-8-10-16(11-9-15)23-18(27)14-6-4-3-5-7-14/h3-11,17,26H,12-13H2,1-2H3,(H,23,27)(H,24,30). The smallest absolute Gasteiger partial charge is 0.338 e. The minimum atomic E-state index is -1.23. The maximum Gasteiger partial charge on any atom is 0.338 e. The van der Waals surface area contributed by atoms with Crippen LogP contribution in [0.3, 0.4) is 0 Å². The topological polar surface area (TPSA) is 125 Å². The van der Waals surface area contributed by atoms with Crippen molar-refractivity contribution >= 4 is 29.5 Å². The van der Waals surface area contributed by atoms with E-state index in [4.69, 9.17) is 4.74 Å². The molecule has 2 aromatic carbocycles. The van der Waals surface area contributed by atoms with E-state index in [9.17, 15) is 24.3 Å². The van der Waals surface area contributed by atoms with Crippen molar-refractivity contribution < 1.29 is 29.0 Å². The van der Waals surface area contributed by atoms with Gasteiger partial charge >= 0.3 is 12.0 Å². The molecule has 1 fully saturated rings. The minimum Gasteiger partial charge on any atom is -0.459 e. The number of anilines is 1. The summed E-state index contributed by atoms with van der Waals surface area (Å²) in [5.41, 5.74) is 0.201. The number of benzene rings is 2. The van der Waals surface area contributed by atoms with Gasteiger partial charge in [0, 0.05) is 11.3 Å². The van der Waals surface area contributed by atoms with Gasteiger partial charge in [0.2, 0.25) is 0 Å². The molecule has 0 radical (unpaired) electrons. The number of imide groups is 1. The van der Waals surface area contributed by atoms with Gasteiger partial charge in [-0.2, -0.15) is 0 Å². The van der Waals surface area contributed by atoms with Gasteiger partial charge in [0.05, 0.1) is 12.1 Å². The number of rotatable bonds is 7. The Morgan fingerprint density at radius 3 is 2.29 bits per heavy atom. The molecule has 0 bridgehead atoms. The maximum absolute atomic E-state index is 12.2. The molecule has 1 aliphatic rings. The van der Waals surface area contributed by atoms with E-state index < -0.39 is 29.6 Å². The third-order valence-corrected chi connectivity index (χ3v) is 4.66. The van der Waals surface area contributed by atoms with Crippen molar-refractivity contribution in [3.8, 4) is 0 Å². The predicted octanol–water partition coefficient (Wildman–Crippen LogP) is 1.79. The Morgan fingerprint density at radius 1 is 1.06 bits per heavy atom. The Bertz CT molecular complexity index is 988. The maximum atomic E-state index is 12.2. The van der Waals surface area contributed by atoms with Crippen molar-refractivity contribution in [2.24, 2.45) is 0 Å². The van der Waals surface area contributed by atoms with Crippen LogP contribution in [0.25, 0.3) is 0 Å². The van der Waals surface area contributed by atoms with Gasteiger partial charge in [0.15, 0.2) is 0 Å². The van der Waals surface area contributed by atoms with Gasteiger partial charge in [0.1, 0.15) is 18.2 Å². The zero-order chi connectivity index (χ0) is 22.6. The van der Waals surface area contributed by atoms with Gasteiger partial charge in [-0.3, -0.25) is 14.5 Å². The summed E-state index contributed by atoms with van der Waals surface area (Å²) < 4.78 is 5.07. The molecule has 0 saturated carbocycles. The Balaban J connectivity index is 1.50. The molecular weight excluding hydrogens is 402 g/mol. The Kier molecular flexibility index (Phi) is 6.36. The minimum absolute atomic E-state index is 0.223. The molecule has 1 aliphatic heterocycles. The molecule has 31 heavy (non-hydrogen) atoms. The molecule has 9 heteroatoms. The van der Waals surface area contributed by atoms with E-state index in [2.05, 4.69) is 10.6 Å². The highest BCUT2D eigenvalue weighted by atomic mass is 16.5. The fourth-order valence-electron chi connectivity index (χ4n) is 2.98. The lowest BCUT2D eigenvalue weighted by Crippen LogP contribution is -2.42. The van der Waals surface area contributed by atoms with Gasteiger partial charge in [-0.25, -0.2) is 9.59 Å². The number of amides is 4. The highest BCUT2D eigenvalue weighted by Gasteiger charge is 2.44. The summed E-state index contributed by atoms with van der Waals surface area (Å²) >= 11 is 0. The first-order valence-electron chi connectivity index (χ1n) is 9.63. The van der Waals surface area contributed by atoms with E-state index in [0.29, 0.717) is 11.3 Å². The van der Waals surface area contributed by atoms with Crippen molar-refractivity contribution in [3.05, 3.63) is 65.7 Å². The van der Waals surface area contributed by atoms with E-state index in [0.717, 1.165) is 4.90 Å². The van der Waals surface area contributed by atoms with Crippen LogP contribution in [0.15, 0.2) is 54.6 Å². The van der Waals surface area contributed by atoms with E-state index >= 15 is 0 Å². The summed E-state index contributed by atoms with van der Waals surface area (Å²) in [6, 6.07) is 14.2. The fraction of sp³-hybridized carbons (Fsp3) is 0.273. The van der Waals surface area contributed by atoms with Crippen LogP contribution in [0, 0.1) is 0 Å². The molecule has 1 heterocycles. The summed E-state index contributed by atoms with van der Waals surface area (Å²) in [5.74, 6) is -1.42. The van der Waals surface area contributed by atoms with Crippen molar-refractivity contribution in [3.63, 3.8) is 0 Å². The number of esters is 1. The number of nitrogens with one attached hydrogen (secondary N) is 2. The molecular formula is C22H23N3O6. The van der Waals surface area contributed by atoms with Crippen molar-refractivity contribution in [1.29, 1.82) is 0 Å². The number of aliphatic hydroxyl groups excluding tert-OH is 1. The van der Waals surface area contributed by atoms with Crippen molar-refractivity contribution in [2.75, 3.05) is 18.5 Å². The SMILES string of the molecule is CC1(C)NC(=O)N(CC(O)COC(=O)c2ccc(NC(=O)c3ccccc3)cc2)C1=O. The zero-order valence-corrected chi connectivity index (χ0v) is 17.1. The van der Waals surface area contributed by atoms with Gasteiger partial charge in [0.25, 0.3) is 11.8 Å². The third-order valence-electron chi connectivity index (χ3n) is 4.66.